The molecule has 1 unspecified atom stereocenters. The van der Waals surface area contributed by atoms with Gasteiger partial charge in [0.1, 0.15) is 18.5 Å². The predicted molar refractivity (Wildman–Crippen MR) is 103 cm³/mol. The second-order valence-corrected chi connectivity index (χ2v) is 6.97. The van der Waals surface area contributed by atoms with Gasteiger partial charge in [-0.1, -0.05) is 55.8 Å². The van der Waals surface area contributed by atoms with Crippen molar-refractivity contribution in [2.75, 3.05) is 26.2 Å². The van der Waals surface area contributed by atoms with Gasteiger partial charge in [0, 0.05) is 25.0 Å². The number of ether oxygens (including phenoxy) is 1. The van der Waals surface area contributed by atoms with Crippen molar-refractivity contribution in [1.82, 2.24) is 5.32 Å². The zero-order valence-electron chi connectivity index (χ0n) is 15.5. The Kier molecular flexibility index (Phi) is 7.00. The lowest BCUT2D eigenvalue weighted by molar-refractivity contribution is 0.107. The Bertz CT molecular complexity index is 636. The van der Waals surface area contributed by atoms with Crippen LogP contribution in [0.4, 0.5) is 0 Å². The van der Waals surface area contributed by atoms with E-state index in [2.05, 4.69) is 62.5 Å². The first kappa shape index (κ1) is 19.4. The van der Waals surface area contributed by atoms with Crippen LogP contribution in [0.25, 0.3) is 0 Å². The van der Waals surface area contributed by atoms with Crippen LogP contribution in [0.2, 0.25) is 0 Å². The van der Waals surface area contributed by atoms with Crippen LogP contribution < -0.4 is 15.8 Å². The highest BCUT2D eigenvalue weighted by molar-refractivity contribution is 5.40. The van der Waals surface area contributed by atoms with E-state index in [-0.39, 0.29) is 12.0 Å². The van der Waals surface area contributed by atoms with Crippen LogP contribution >= 0.6 is 0 Å². The fourth-order valence-corrected chi connectivity index (χ4v) is 2.73. The van der Waals surface area contributed by atoms with E-state index in [0.717, 1.165) is 5.75 Å². The van der Waals surface area contributed by atoms with Gasteiger partial charge in [0.15, 0.2) is 0 Å². The average molecular weight is 342 g/mol. The molecule has 0 aliphatic rings. The average Bonchev–Trinajstić information content (AvgIpc) is 2.61. The number of hydrogen-bond acceptors (Lipinski definition) is 4. The molecular weight excluding hydrogens is 312 g/mol. The molecule has 0 heterocycles. The van der Waals surface area contributed by atoms with Crippen LogP contribution in [0.1, 0.15) is 30.5 Å². The van der Waals surface area contributed by atoms with Gasteiger partial charge in [0.05, 0.1) is 0 Å². The number of nitrogens with one attached hydrogen (secondary N) is 1. The molecule has 136 valence electrons. The van der Waals surface area contributed by atoms with E-state index in [1.807, 2.05) is 12.1 Å². The second kappa shape index (κ2) is 8.99. The Labute approximate surface area is 151 Å². The van der Waals surface area contributed by atoms with Gasteiger partial charge in [-0.05, 0) is 30.2 Å². The van der Waals surface area contributed by atoms with Gasteiger partial charge in [-0.2, -0.15) is 0 Å². The lowest BCUT2D eigenvalue weighted by Gasteiger charge is -2.26. The van der Waals surface area contributed by atoms with Gasteiger partial charge in [0.25, 0.3) is 0 Å². The lowest BCUT2D eigenvalue weighted by atomic mass is 9.78. The van der Waals surface area contributed by atoms with Crippen LogP contribution in [0.5, 0.6) is 5.75 Å². The first-order valence-corrected chi connectivity index (χ1v) is 8.83. The Balaban J connectivity index is 1.95. The van der Waals surface area contributed by atoms with E-state index >= 15 is 0 Å². The third-order valence-electron chi connectivity index (χ3n) is 4.49. The minimum Gasteiger partial charge on any atom is -0.491 e. The van der Waals surface area contributed by atoms with Gasteiger partial charge in [0.2, 0.25) is 0 Å². The number of nitrogens with two attached hydrogens (primary N) is 1. The molecule has 2 rings (SSSR count). The summed E-state index contributed by atoms with van der Waals surface area (Å²) in [6.45, 7) is 8.54. The Morgan fingerprint density at radius 2 is 1.60 bits per heavy atom. The van der Waals surface area contributed by atoms with Crippen LogP contribution in [0, 0.1) is 6.92 Å². The normalized spacial score (nSPS) is 12.8. The van der Waals surface area contributed by atoms with Crippen LogP contribution in [-0.2, 0) is 5.41 Å². The molecule has 4 N–H and O–H groups in total. The molecule has 0 aromatic heterocycles. The number of rotatable bonds is 9. The molecule has 0 spiro atoms. The molecular formula is C21H30N2O2. The molecule has 1 atom stereocenters. The SMILES string of the molecule is Cc1ccc(C(C)(C)c2ccc(OCC(O)CNCCN)cc2)cc1. The number of aliphatic hydroxyl groups excluding tert-OH is 1. The predicted octanol–water partition coefficient (Wildman–Crippen LogP) is 2.61. The second-order valence-electron chi connectivity index (χ2n) is 6.97. The fourth-order valence-electron chi connectivity index (χ4n) is 2.73. The number of hydrogen-bond donors (Lipinski definition) is 3. The van der Waals surface area contributed by atoms with Crippen molar-refractivity contribution in [2.45, 2.75) is 32.3 Å². The zero-order chi connectivity index (χ0) is 18.3. The highest BCUT2D eigenvalue weighted by Crippen LogP contribution is 2.32. The number of aryl methyl sites for hydroxylation is 1. The van der Waals surface area contributed by atoms with Crippen molar-refractivity contribution >= 4 is 0 Å². The molecule has 0 saturated carbocycles. The van der Waals surface area contributed by atoms with E-state index in [1.54, 1.807) is 0 Å². The quantitative estimate of drug-likeness (QED) is 0.613. The Morgan fingerprint density at radius 3 is 2.16 bits per heavy atom. The molecule has 0 aliphatic heterocycles. The third-order valence-corrected chi connectivity index (χ3v) is 4.49. The third kappa shape index (κ3) is 5.56. The molecule has 0 fully saturated rings. The van der Waals surface area contributed by atoms with Crippen LogP contribution in [0.3, 0.4) is 0 Å². The summed E-state index contributed by atoms with van der Waals surface area (Å²) < 4.78 is 5.67. The molecule has 0 bridgehead atoms. The van der Waals surface area contributed by atoms with E-state index in [4.69, 9.17) is 10.5 Å². The summed E-state index contributed by atoms with van der Waals surface area (Å²) in [4.78, 5) is 0. The standard InChI is InChI=1S/C21H30N2O2/c1-16-4-6-17(7-5-16)21(2,3)18-8-10-20(11-9-18)25-15-19(24)14-23-13-12-22/h4-11,19,23-24H,12-15,22H2,1-3H3. The molecule has 0 radical (unpaired) electrons. The maximum atomic E-state index is 9.86. The Hall–Kier alpha value is -1.88. The highest BCUT2D eigenvalue weighted by Gasteiger charge is 2.22. The molecule has 0 saturated heterocycles. The summed E-state index contributed by atoms with van der Waals surface area (Å²) in [5.74, 6) is 0.765. The molecule has 0 aliphatic carbocycles. The minimum absolute atomic E-state index is 0.0715. The lowest BCUT2D eigenvalue weighted by Crippen LogP contribution is -2.34. The van der Waals surface area contributed by atoms with Crippen LogP contribution in [-0.4, -0.2) is 37.5 Å². The van der Waals surface area contributed by atoms with Crippen molar-refractivity contribution in [3.63, 3.8) is 0 Å². The largest absolute Gasteiger partial charge is 0.491 e. The smallest absolute Gasteiger partial charge is 0.119 e. The first-order chi connectivity index (χ1) is 11.9. The van der Waals surface area contributed by atoms with Gasteiger partial charge >= 0.3 is 0 Å². The molecule has 2 aromatic rings. The van der Waals surface area contributed by atoms with Crippen molar-refractivity contribution < 1.29 is 9.84 Å². The maximum Gasteiger partial charge on any atom is 0.119 e. The van der Waals surface area contributed by atoms with Gasteiger partial charge in [-0.3, -0.25) is 0 Å². The summed E-state index contributed by atoms with van der Waals surface area (Å²) in [7, 11) is 0. The van der Waals surface area contributed by atoms with Gasteiger partial charge < -0.3 is 20.9 Å². The molecule has 4 nitrogen and oxygen atoms in total. The van der Waals surface area contributed by atoms with Crippen LogP contribution in [0.15, 0.2) is 48.5 Å². The van der Waals surface area contributed by atoms with Crippen molar-refractivity contribution in [1.29, 1.82) is 0 Å². The summed E-state index contributed by atoms with van der Waals surface area (Å²) in [6.07, 6.45) is -0.546. The summed E-state index contributed by atoms with van der Waals surface area (Å²) >= 11 is 0. The summed E-state index contributed by atoms with van der Waals surface area (Å²) in [5.41, 5.74) is 9.11. The monoisotopic (exact) mass is 342 g/mol. The summed E-state index contributed by atoms with van der Waals surface area (Å²) in [5, 5.41) is 12.9. The maximum absolute atomic E-state index is 9.86. The first-order valence-electron chi connectivity index (χ1n) is 8.83. The Morgan fingerprint density at radius 1 is 1.04 bits per heavy atom. The van der Waals surface area contributed by atoms with E-state index in [9.17, 15) is 5.11 Å². The summed E-state index contributed by atoms with van der Waals surface area (Å²) in [6, 6.07) is 16.8. The van der Waals surface area contributed by atoms with Crippen molar-refractivity contribution in [3.8, 4) is 5.75 Å². The molecule has 25 heavy (non-hydrogen) atoms. The van der Waals surface area contributed by atoms with Crippen molar-refractivity contribution in [2.24, 2.45) is 5.73 Å². The zero-order valence-corrected chi connectivity index (χ0v) is 15.5. The fraction of sp³-hybridized carbons (Fsp3) is 0.429. The molecule has 2 aromatic carbocycles. The minimum atomic E-state index is -0.546. The molecule has 0 amide bonds. The number of aliphatic hydroxyl groups is 1. The van der Waals surface area contributed by atoms with E-state index < -0.39 is 6.10 Å². The van der Waals surface area contributed by atoms with E-state index in [1.165, 1.54) is 16.7 Å². The van der Waals surface area contributed by atoms with E-state index in [0.29, 0.717) is 19.6 Å². The van der Waals surface area contributed by atoms with Gasteiger partial charge in [-0.15, -0.1) is 0 Å². The van der Waals surface area contributed by atoms with Gasteiger partial charge in [-0.25, -0.2) is 0 Å². The topological polar surface area (TPSA) is 67.5 Å². The highest BCUT2D eigenvalue weighted by atomic mass is 16.5. The molecule has 4 heteroatoms. The number of benzene rings is 2. The van der Waals surface area contributed by atoms with Crippen molar-refractivity contribution in [3.05, 3.63) is 65.2 Å².